The number of fused-ring (bicyclic) bond motifs is 1. The van der Waals surface area contributed by atoms with E-state index in [-0.39, 0.29) is 28.9 Å². The molecule has 0 spiro atoms. The number of non-ortho nitro benzene ring substituents is 1. The van der Waals surface area contributed by atoms with Gasteiger partial charge in [-0.05, 0) is 57.6 Å². The molecule has 0 aliphatic carbocycles. The van der Waals surface area contributed by atoms with Gasteiger partial charge in [-0.2, -0.15) is 0 Å². The molecule has 0 radical (unpaired) electrons. The van der Waals surface area contributed by atoms with Gasteiger partial charge in [0.15, 0.2) is 29.1 Å². The van der Waals surface area contributed by atoms with Crippen LogP contribution in [0.5, 0.6) is 0 Å². The summed E-state index contributed by atoms with van der Waals surface area (Å²) >= 11 is 0. The van der Waals surface area contributed by atoms with E-state index in [1.165, 1.54) is 18.2 Å². The van der Waals surface area contributed by atoms with Crippen LogP contribution in [0.2, 0.25) is 0 Å². The van der Waals surface area contributed by atoms with Gasteiger partial charge in [-0.1, -0.05) is 13.8 Å². The van der Waals surface area contributed by atoms with Crippen molar-refractivity contribution in [3.63, 3.8) is 0 Å². The molecule has 0 fully saturated rings. The van der Waals surface area contributed by atoms with Crippen molar-refractivity contribution in [1.82, 2.24) is 14.9 Å². The number of hydrogen-bond acceptors (Lipinski definition) is 6. The van der Waals surface area contributed by atoms with Crippen LogP contribution < -0.4 is 5.32 Å². The molecule has 2 aromatic carbocycles. The highest BCUT2D eigenvalue weighted by atomic mass is 19.2. The van der Waals surface area contributed by atoms with Gasteiger partial charge in [0.05, 0.1) is 16.0 Å². The quantitative estimate of drug-likeness (QED) is 0.104. The lowest BCUT2D eigenvalue weighted by molar-refractivity contribution is -0.384. The van der Waals surface area contributed by atoms with Crippen LogP contribution in [-0.4, -0.2) is 45.5 Å². The van der Waals surface area contributed by atoms with Gasteiger partial charge in [-0.15, -0.1) is 0 Å². The van der Waals surface area contributed by atoms with Crippen molar-refractivity contribution < 1.29 is 26.9 Å². The minimum absolute atomic E-state index is 0.0943. The molecule has 3 rings (SSSR count). The lowest BCUT2D eigenvalue weighted by Crippen LogP contribution is -2.25. The Kier molecular flexibility index (Phi) is 9.09. The molecule has 1 atom stereocenters. The normalized spacial score (nSPS) is 12.6. The van der Waals surface area contributed by atoms with E-state index in [1.807, 2.05) is 6.92 Å². The number of rotatable bonds is 11. The first kappa shape index (κ1) is 27.9. The summed E-state index contributed by atoms with van der Waals surface area (Å²) in [6.07, 6.45) is 3.34. The van der Waals surface area contributed by atoms with Crippen molar-refractivity contribution in [2.75, 3.05) is 25.0 Å². The van der Waals surface area contributed by atoms with Gasteiger partial charge in [-0.3, -0.25) is 10.1 Å². The first-order valence-electron chi connectivity index (χ1n) is 11.7. The largest absolute Gasteiger partial charge is 0.367 e. The third-order valence-electron chi connectivity index (χ3n) is 5.94. The molecule has 1 unspecified atom stereocenters. The van der Waals surface area contributed by atoms with E-state index in [2.05, 4.69) is 34.0 Å². The van der Waals surface area contributed by atoms with E-state index >= 15 is 0 Å². The summed E-state index contributed by atoms with van der Waals surface area (Å²) in [4.78, 5) is 21.5. The molecule has 37 heavy (non-hydrogen) atoms. The summed E-state index contributed by atoms with van der Waals surface area (Å²) in [6, 6.07) is 3.84. The number of aromatic nitrogens is 2. The van der Waals surface area contributed by atoms with Gasteiger partial charge >= 0.3 is 0 Å². The van der Waals surface area contributed by atoms with Gasteiger partial charge in [0.25, 0.3) is 5.69 Å². The van der Waals surface area contributed by atoms with E-state index in [0.717, 1.165) is 38.6 Å². The standard InChI is InChI=1S/C25H26F5N5O2/c1-4-34(5-2)12-6-7-14(3)31-25-17-13-15(35(36)37)8-10-18(17)32-19(33-25)11-9-16-20(26)22(28)24(30)23(29)21(16)27/h8-11,13-14H,4-7,12H2,1-3H3,(H,31,32,33). The molecule has 0 saturated carbocycles. The second-order valence-corrected chi connectivity index (χ2v) is 8.42. The summed E-state index contributed by atoms with van der Waals surface area (Å²) in [5, 5.41) is 14.8. The number of nitrogens with zero attached hydrogens (tertiary/aromatic N) is 4. The fourth-order valence-electron chi connectivity index (χ4n) is 3.83. The number of hydrogen-bond donors (Lipinski definition) is 1. The van der Waals surface area contributed by atoms with Crippen LogP contribution in [0, 0.1) is 39.2 Å². The van der Waals surface area contributed by atoms with Gasteiger partial charge in [0.2, 0.25) is 5.82 Å². The number of nitrogens with one attached hydrogen (secondary N) is 1. The summed E-state index contributed by atoms with van der Waals surface area (Å²) in [6.45, 7) is 8.82. The van der Waals surface area contributed by atoms with Crippen LogP contribution >= 0.6 is 0 Å². The molecule has 7 nitrogen and oxygen atoms in total. The first-order chi connectivity index (χ1) is 17.6. The molecular formula is C25H26F5N5O2. The van der Waals surface area contributed by atoms with Crippen LogP contribution in [0.3, 0.4) is 0 Å². The number of nitro benzene ring substituents is 1. The average molecular weight is 524 g/mol. The van der Waals surface area contributed by atoms with Crippen molar-refractivity contribution in [1.29, 1.82) is 0 Å². The van der Waals surface area contributed by atoms with E-state index in [1.54, 1.807) is 0 Å². The van der Waals surface area contributed by atoms with Crippen molar-refractivity contribution >= 4 is 34.6 Å². The SMILES string of the molecule is CCN(CC)CCCC(C)Nc1nc(C=Cc2c(F)c(F)c(F)c(F)c2F)nc2ccc([N+](=O)[O-])cc12. The van der Waals surface area contributed by atoms with Crippen molar-refractivity contribution in [2.45, 2.75) is 39.7 Å². The molecule has 0 aliphatic heterocycles. The van der Waals surface area contributed by atoms with Crippen LogP contribution in [0.1, 0.15) is 45.0 Å². The zero-order valence-corrected chi connectivity index (χ0v) is 20.5. The predicted molar refractivity (Wildman–Crippen MR) is 131 cm³/mol. The maximum Gasteiger partial charge on any atom is 0.270 e. The highest BCUT2D eigenvalue weighted by molar-refractivity contribution is 5.91. The molecule has 0 saturated heterocycles. The number of nitro groups is 1. The van der Waals surface area contributed by atoms with E-state index in [4.69, 9.17) is 0 Å². The van der Waals surface area contributed by atoms with Gasteiger partial charge in [0.1, 0.15) is 5.82 Å². The fourth-order valence-corrected chi connectivity index (χ4v) is 3.83. The summed E-state index contributed by atoms with van der Waals surface area (Å²) in [7, 11) is 0. The third-order valence-corrected chi connectivity index (χ3v) is 5.94. The summed E-state index contributed by atoms with van der Waals surface area (Å²) in [5.74, 6) is -10.2. The lowest BCUT2D eigenvalue weighted by Gasteiger charge is -2.20. The van der Waals surface area contributed by atoms with E-state index in [0.29, 0.717) is 11.5 Å². The van der Waals surface area contributed by atoms with Gasteiger partial charge in [0, 0.05) is 23.6 Å². The second-order valence-electron chi connectivity index (χ2n) is 8.42. The van der Waals surface area contributed by atoms with E-state index in [9.17, 15) is 32.1 Å². The van der Waals surface area contributed by atoms with Crippen LogP contribution in [0.4, 0.5) is 33.5 Å². The number of benzene rings is 2. The Balaban J connectivity index is 1.97. The Labute approximate surface area is 210 Å². The topological polar surface area (TPSA) is 84.2 Å². The summed E-state index contributed by atoms with van der Waals surface area (Å²) in [5.41, 5.74) is -1.03. The Bertz CT molecular complexity index is 1300. The van der Waals surface area contributed by atoms with Crippen molar-refractivity contribution in [3.8, 4) is 0 Å². The highest BCUT2D eigenvalue weighted by Gasteiger charge is 2.24. The van der Waals surface area contributed by atoms with Crippen LogP contribution in [0.15, 0.2) is 18.2 Å². The molecule has 3 aromatic rings. The molecule has 1 aromatic heterocycles. The molecule has 1 N–H and O–H groups in total. The highest BCUT2D eigenvalue weighted by Crippen LogP contribution is 2.28. The summed E-state index contributed by atoms with van der Waals surface area (Å²) < 4.78 is 68.6. The van der Waals surface area contributed by atoms with Gasteiger partial charge in [-0.25, -0.2) is 31.9 Å². The molecule has 198 valence electrons. The zero-order valence-electron chi connectivity index (χ0n) is 20.5. The predicted octanol–water partition coefficient (Wildman–Crippen LogP) is 6.33. The third kappa shape index (κ3) is 6.37. The Morgan fingerprint density at radius 3 is 2.22 bits per heavy atom. The molecule has 0 aliphatic rings. The second kappa shape index (κ2) is 12.0. The number of halogens is 5. The maximum absolute atomic E-state index is 14.1. The molecular weight excluding hydrogens is 497 g/mol. The maximum atomic E-state index is 14.1. The van der Waals surface area contributed by atoms with Crippen LogP contribution in [-0.2, 0) is 0 Å². The fraction of sp³-hybridized carbons (Fsp3) is 0.360. The Morgan fingerprint density at radius 1 is 1.00 bits per heavy atom. The molecule has 0 amide bonds. The van der Waals surface area contributed by atoms with Crippen molar-refractivity contribution in [2.24, 2.45) is 0 Å². The van der Waals surface area contributed by atoms with Gasteiger partial charge < -0.3 is 10.2 Å². The van der Waals surface area contributed by atoms with Crippen LogP contribution in [0.25, 0.3) is 23.1 Å². The number of anilines is 1. The minimum atomic E-state index is -2.25. The Hall–Kier alpha value is -3.67. The molecule has 0 bridgehead atoms. The van der Waals surface area contributed by atoms with Crippen molar-refractivity contribution in [3.05, 3.63) is 68.8 Å². The average Bonchev–Trinajstić information content (AvgIpc) is 2.88. The molecule has 1 heterocycles. The lowest BCUT2D eigenvalue weighted by atomic mass is 10.1. The monoisotopic (exact) mass is 523 g/mol. The molecule has 12 heteroatoms. The smallest absolute Gasteiger partial charge is 0.270 e. The zero-order chi connectivity index (χ0) is 27.3. The minimum Gasteiger partial charge on any atom is -0.367 e. The van der Waals surface area contributed by atoms with E-state index < -0.39 is 39.6 Å². The Morgan fingerprint density at radius 2 is 1.62 bits per heavy atom. The first-order valence-corrected chi connectivity index (χ1v) is 11.7.